The molecule has 13 nitrogen and oxygen atoms in total. The highest BCUT2D eigenvalue weighted by atomic mass is 32.1. The quantitative estimate of drug-likeness (QED) is 0.131. The minimum absolute atomic E-state index is 0.601. The minimum atomic E-state index is 0.601. The van der Waals surface area contributed by atoms with Crippen molar-refractivity contribution in [2.75, 3.05) is 0 Å². The lowest BCUT2D eigenvalue weighted by Crippen LogP contribution is -2.00. The van der Waals surface area contributed by atoms with Crippen molar-refractivity contribution in [3.8, 4) is 91.1 Å². The molecular weight excluding hydrogens is 1590 g/mol. The Labute approximate surface area is 732 Å². The van der Waals surface area contributed by atoms with Gasteiger partial charge in [-0.3, -0.25) is 0 Å². The SMILES string of the molecule is c1ccc(-c2nc(-c3ccccc3)nc(-c3ccc4oc5ccc(-n6c7ccccc7c7cc(-n8c9ccccc9c9c%10oc%11ccccc%11c%10ccc98)ccc76)cc5c4c3)n2)cc1.c1ccc(-c2nc(-c3ccccc3)nc(-c3ccc4sc5ccc(-n6c7ccccc7c7cc(-n8c9ccccc9c9c%10oc%11ccccc%11c%10ccc98)ccc76)cc5c4c3)n2)cc1. The Kier molecular flexibility index (Phi) is 15.7. The number of aromatic nitrogens is 10. The molecule has 0 saturated carbocycles. The fourth-order valence-electron chi connectivity index (χ4n) is 19.7. The second kappa shape index (κ2) is 28.2. The van der Waals surface area contributed by atoms with Crippen LogP contribution in [-0.2, 0) is 0 Å². The van der Waals surface area contributed by atoms with Crippen LogP contribution >= 0.6 is 11.3 Å². The van der Waals surface area contributed by atoms with Gasteiger partial charge in [0.1, 0.15) is 33.5 Å². The van der Waals surface area contributed by atoms with E-state index in [9.17, 15) is 0 Å². The van der Waals surface area contributed by atoms with Crippen LogP contribution in [0.1, 0.15) is 0 Å². The lowest BCUT2D eigenvalue weighted by atomic mass is 10.1. The van der Waals surface area contributed by atoms with E-state index in [1.807, 2.05) is 157 Å². The molecule has 0 amide bonds. The first-order chi connectivity index (χ1) is 63.4. The standard InChI is InChI=1S/C57H33N5O2.C57H33N5OS/c1-3-13-34(14-4-1)55-58-56(35-15-5-2-6-16-35)60-57(59-55)36-23-29-51-44(31-36)45-33-38(25-30-52(45)63-51)61-46-20-10-7-17-39(46)43-32-37(24-27-48(43)61)62-47-21-11-8-19-42(47)53-49(62)28-26-41-40-18-9-12-22-50(40)64-54(41)53;1-3-13-34(14-4-1)55-58-56(35-15-5-2-6-16-35)60-57(59-55)36-23-29-51-44(31-36)45-33-38(25-30-52(45)64-51)61-46-20-10-7-17-39(46)43-32-37(24-27-48(43)61)62-47-21-11-8-19-42(47)53-49(62)28-26-41-40-18-9-12-22-50(40)63-54(41)53/h2*1-33H. The van der Waals surface area contributed by atoms with Crippen LogP contribution in [0.4, 0.5) is 0 Å². The Morgan fingerprint density at radius 2 is 0.453 bits per heavy atom. The molecule has 0 aliphatic carbocycles. The van der Waals surface area contributed by atoms with Crippen LogP contribution in [-0.4, -0.2) is 48.2 Å². The third-order valence-corrected chi connectivity index (χ3v) is 26.7. The molecule has 0 spiro atoms. The van der Waals surface area contributed by atoms with Gasteiger partial charge in [-0.15, -0.1) is 11.3 Å². The first-order valence-electron chi connectivity index (χ1n) is 42.9. The summed E-state index contributed by atoms with van der Waals surface area (Å²) >= 11 is 1.81. The highest BCUT2D eigenvalue weighted by Gasteiger charge is 2.26. The van der Waals surface area contributed by atoms with E-state index in [0.29, 0.717) is 34.9 Å². The molecule has 0 aliphatic heterocycles. The van der Waals surface area contributed by atoms with E-state index in [0.717, 1.165) is 182 Å². The number of nitrogens with zero attached hydrogens (tertiary/aromatic N) is 10. The summed E-state index contributed by atoms with van der Waals surface area (Å²) in [6, 6.07) is 141. The summed E-state index contributed by atoms with van der Waals surface area (Å²) in [5.41, 5.74) is 24.3. The molecule has 596 valence electrons. The number of rotatable bonds is 10. The summed E-state index contributed by atoms with van der Waals surface area (Å²) in [4.78, 5) is 30.0. The fourth-order valence-corrected chi connectivity index (χ4v) is 20.8. The zero-order chi connectivity index (χ0) is 83.8. The average Bonchev–Trinajstić information content (AvgIpc) is 1.56. The molecule has 0 N–H and O–H groups in total. The molecule has 18 aromatic carbocycles. The van der Waals surface area contributed by atoms with E-state index in [-0.39, 0.29) is 0 Å². The van der Waals surface area contributed by atoms with Gasteiger partial charge in [0.25, 0.3) is 0 Å². The molecule has 14 heteroatoms. The molecule has 128 heavy (non-hydrogen) atoms. The Morgan fingerprint density at radius 3 is 0.898 bits per heavy atom. The van der Waals surface area contributed by atoms with Gasteiger partial charge in [0.2, 0.25) is 0 Å². The molecule has 28 rings (SSSR count). The number of fused-ring (bicyclic) bond motifs is 26. The van der Waals surface area contributed by atoms with Gasteiger partial charge in [0, 0.05) is 141 Å². The second-order valence-electron chi connectivity index (χ2n) is 32.7. The molecule has 0 unspecified atom stereocenters. The van der Waals surface area contributed by atoms with Crippen LogP contribution in [0.15, 0.2) is 414 Å². The zero-order valence-corrected chi connectivity index (χ0v) is 69.0. The van der Waals surface area contributed by atoms with Gasteiger partial charge in [-0.05, 0) is 170 Å². The molecular formula is C114H66N10O3S. The minimum Gasteiger partial charge on any atom is -0.456 e. The molecule has 28 aromatic rings. The lowest BCUT2D eigenvalue weighted by molar-refractivity contribution is 0.669. The van der Waals surface area contributed by atoms with Crippen molar-refractivity contribution in [2.45, 2.75) is 0 Å². The first kappa shape index (κ1) is 71.4. The molecule has 0 bridgehead atoms. The molecule has 0 aliphatic rings. The van der Waals surface area contributed by atoms with Gasteiger partial charge >= 0.3 is 0 Å². The molecule has 10 aromatic heterocycles. The van der Waals surface area contributed by atoms with Gasteiger partial charge in [-0.2, -0.15) is 0 Å². The van der Waals surface area contributed by atoms with Crippen LogP contribution in [0.2, 0.25) is 0 Å². The highest BCUT2D eigenvalue weighted by molar-refractivity contribution is 7.25. The third kappa shape index (κ3) is 11.1. The number of hydrogen-bond donors (Lipinski definition) is 0. The Balaban J connectivity index is 0.000000132. The van der Waals surface area contributed by atoms with E-state index in [1.54, 1.807) is 0 Å². The number of thiophene rings is 1. The van der Waals surface area contributed by atoms with E-state index >= 15 is 0 Å². The largest absolute Gasteiger partial charge is 0.456 e. The van der Waals surface area contributed by atoms with Gasteiger partial charge in [0.05, 0.1) is 54.9 Å². The molecule has 0 atom stereocenters. The van der Waals surface area contributed by atoms with Gasteiger partial charge in [-0.25, -0.2) is 29.9 Å². The Hall–Kier alpha value is -17.2. The summed E-state index contributed by atoms with van der Waals surface area (Å²) < 4.78 is 31.7. The smallest absolute Gasteiger partial charge is 0.164 e. The number of para-hydroxylation sites is 6. The maximum atomic E-state index is 6.60. The lowest BCUT2D eigenvalue weighted by Gasteiger charge is -2.11. The van der Waals surface area contributed by atoms with Gasteiger partial charge in [0.15, 0.2) is 34.9 Å². The molecule has 0 saturated heterocycles. The molecule has 10 heterocycles. The predicted octanol–water partition coefficient (Wildman–Crippen LogP) is 30.2. The van der Waals surface area contributed by atoms with Crippen molar-refractivity contribution in [3.05, 3.63) is 400 Å². The summed E-state index contributed by atoms with van der Waals surface area (Å²) in [5.74, 6) is 3.80. The van der Waals surface area contributed by atoms with Crippen LogP contribution in [0.25, 0.3) is 264 Å². The van der Waals surface area contributed by atoms with Crippen molar-refractivity contribution >= 4 is 185 Å². The van der Waals surface area contributed by atoms with Crippen molar-refractivity contribution in [2.24, 2.45) is 0 Å². The van der Waals surface area contributed by atoms with Crippen LogP contribution in [0.5, 0.6) is 0 Å². The van der Waals surface area contributed by atoms with Crippen LogP contribution < -0.4 is 0 Å². The van der Waals surface area contributed by atoms with Crippen LogP contribution in [0, 0.1) is 0 Å². The summed E-state index contributed by atoms with van der Waals surface area (Å²) in [6.45, 7) is 0. The number of hydrogen-bond acceptors (Lipinski definition) is 10. The van der Waals surface area contributed by atoms with E-state index in [1.165, 1.54) is 47.1 Å². The van der Waals surface area contributed by atoms with Crippen molar-refractivity contribution in [1.82, 2.24) is 48.2 Å². The van der Waals surface area contributed by atoms with Crippen molar-refractivity contribution in [1.29, 1.82) is 0 Å². The van der Waals surface area contributed by atoms with Gasteiger partial charge < -0.3 is 31.5 Å². The highest BCUT2D eigenvalue weighted by Crippen LogP contribution is 2.48. The van der Waals surface area contributed by atoms with Crippen LogP contribution in [0.3, 0.4) is 0 Å². The zero-order valence-electron chi connectivity index (χ0n) is 68.2. The molecule has 0 fully saturated rings. The molecule has 0 radical (unpaired) electrons. The number of furan rings is 3. The Bertz CT molecular complexity index is 8830. The summed E-state index contributed by atoms with van der Waals surface area (Å²) in [6.07, 6.45) is 0. The summed E-state index contributed by atoms with van der Waals surface area (Å²) in [7, 11) is 0. The average molecular weight is 1660 g/mol. The monoisotopic (exact) mass is 1650 g/mol. The van der Waals surface area contributed by atoms with E-state index in [4.69, 9.17) is 43.2 Å². The van der Waals surface area contributed by atoms with Crippen molar-refractivity contribution < 1.29 is 13.3 Å². The topological polar surface area (TPSA) is 136 Å². The number of benzene rings is 18. The fraction of sp³-hybridized carbons (Fsp3) is 0. The summed E-state index contributed by atoms with van der Waals surface area (Å²) in [5, 5.41) is 18.3. The second-order valence-corrected chi connectivity index (χ2v) is 33.8. The predicted molar refractivity (Wildman–Crippen MR) is 524 cm³/mol. The first-order valence-corrected chi connectivity index (χ1v) is 43.7. The van der Waals surface area contributed by atoms with E-state index < -0.39 is 0 Å². The third-order valence-electron chi connectivity index (χ3n) is 25.5. The van der Waals surface area contributed by atoms with Gasteiger partial charge in [-0.1, -0.05) is 231 Å². The van der Waals surface area contributed by atoms with Crippen molar-refractivity contribution in [3.63, 3.8) is 0 Å². The Morgan fingerprint density at radius 1 is 0.172 bits per heavy atom. The van der Waals surface area contributed by atoms with E-state index in [2.05, 4.69) is 273 Å². The maximum absolute atomic E-state index is 6.60. The normalized spacial score (nSPS) is 12.1. The maximum Gasteiger partial charge on any atom is 0.164 e.